The van der Waals surface area contributed by atoms with Gasteiger partial charge in [-0.05, 0) is 24.3 Å². The van der Waals surface area contributed by atoms with Gasteiger partial charge in [-0.1, -0.05) is 12.1 Å². The van der Waals surface area contributed by atoms with Gasteiger partial charge in [-0.3, -0.25) is 9.59 Å². The third-order valence-electron chi connectivity index (χ3n) is 3.23. The summed E-state index contributed by atoms with van der Waals surface area (Å²) in [5.41, 5.74) is 8.76. The number of carbonyl (C=O) groups excluding carboxylic acids is 2. The molecule has 0 aromatic heterocycles. The third-order valence-corrected chi connectivity index (χ3v) is 3.23. The fraction of sp³-hybridized carbons (Fsp3) is 0. The molecular weight excluding hydrogens is 332 g/mol. The molecule has 0 radical (unpaired) electrons. The fourth-order valence-corrected chi connectivity index (χ4v) is 2.21. The van der Waals surface area contributed by atoms with E-state index < -0.39 is 34.9 Å². The van der Waals surface area contributed by atoms with E-state index in [0.717, 1.165) is 6.07 Å². The zero-order valence-corrected chi connectivity index (χ0v) is 12.6. The number of primary amides is 2. The molecule has 9 heteroatoms. The standard InChI is InChI=1S/C16H12N2O7/c17-13(19)7-3-1-5-9(11(7)14(18)20)25-10-6-2-4-8(15(21)22)12(10)16(23)24/h1-6H,(H2,17,19)(H2,18,20)(H,21,22)(H,23,24). The second kappa shape index (κ2) is 6.71. The average molecular weight is 344 g/mol. The summed E-state index contributed by atoms with van der Waals surface area (Å²) in [6, 6.07) is 7.44. The Morgan fingerprint density at radius 2 is 1.24 bits per heavy atom. The van der Waals surface area contributed by atoms with Gasteiger partial charge in [0, 0.05) is 0 Å². The Balaban J connectivity index is 2.66. The SMILES string of the molecule is NC(=O)c1cccc(Oc2cccc(C(=O)O)c2C(=O)O)c1C(N)=O. The van der Waals surface area contributed by atoms with E-state index in [0.29, 0.717) is 0 Å². The molecule has 0 aliphatic heterocycles. The molecule has 25 heavy (non-hydrogen) atoms. The number of benzene rings is 2. The smallest absolute Gasteiger partial charge is 0.340 e. The molecule has 0 aliphatic carbocycles. The molecule has 0 saturated heterocycles. The average Bonchev–Trinajstić information content (AvgIpc) is 2.53. The highest BCUT2D eigenvalue weighted by molar-refractivity contribution is 6.08. The molecule has 0 unspecified atom stereocenters. The number of rotatable bonds is 6. The van der Waals surface area contributed by atoms with Gasteiger partial charge in [0.05, 0.1) is 16.7 Å². The first-order chi connectivity index (χ1) is 11.7. The van der Waals surface area contributed by atoms with Gasteiger partial charge in [0.25, 0.3) is 5.91 Å². The Labute approximate surface area is 140 Å². The van der Waals surface area contributed by atoms with E-state index >= 15 is 0 Å². The van der Waals surface area contributed by atoms with Crippen molar-refractivity contribution in [2.75, 3.05) is 0 Å². The lowest BCUT2D eigenvalue weighted by Gasteiger charge is -2.14. The highest BCUT2D eigenvalue weighted by Gasteiger charge is 2.24. The van der Waals surface area contributed by atoms with Crippen molar-refractivity contribution in [3.05, 3.63) is 58.7 Å². The van der Waals surface area contributed by atoms with Crippen molar-refractivity contribution in [2.24, 2.45) is 11.5 Å². The molecule has 0 fully saturated rings. The van der Waals surface area contributed by atoms with Crippen molar-refractivity contribution in [2.45, 2.75) is 0 Å². The first-order valence-electron chi connectivity index (χ1n) is 6.74. The van der Waals surface area contributed by atoms with Crippen molar-refractivity contribution >= 4 is 23.8 Å². The normalized spacial score (nSPS) is 10.1. The first-order valence-corrected chi connectivity index (χ1v) is 6.74. The molecule has 2 amide bonds. The monoisotopic (exact) mass is 344 g/mol. The summed E-state index contributed by atoms with van der Waals surface area (Å²) in [7, 11) is 0. The van der Waals surface area contributed by atoms with Crippen molar-refractivity contribution in [1.29, 1.82) is 0 Å². The Morgan fingerprint density at radius 3 is 1.68 bits per heavy atom. The summed E-state index contributed by atoms with van der Waals surface area (Å²) < 4.78 is 5.39. The molecule has 2 aromatic carbocycles. The summed E-state index contributed by atoms with van der Waals surface area (Å²) in [5, 5.41) is 18.4. The molecule has 9 nitrogen and oxygen atoms in total. The van der Waals surface area contributed by atoms with Crippen LogP contribution in [0.1, 0.15) is 41.4 Å². The van der Waals surface area contributed by atoms with Gasteiger partial charge < -0.3 is 26.4 Å². The maximum Gasteiger partial charge on any atom is 0.340 e. The Hall–Kier alpha value is -3.88. The lowest BCUT2D eigenvalue weighted by Crippen LogP contribution is -2.21. The molecular formula is C16H12N2O7. The molecule has 0 spiro atoms. The quantitative estimate of drug-likeness (QED) is 0.607. The van der Waals surface area contributed by atoms with Crippen LogP contribution in [0.3, 0.4) is 0 Å². The van der Waals surface area contributed by atoms with E-state index in [4.69, 9.17) is 21.3 Å². The largest absolute Gasteiger partial charge is 0.478 e. The molecule has 2 rings (SSSR count). The molecule has 0 atom stereocenters. The number of carboxylic acid groups (broad SMARTS) is 2. The van der Waals surface area contributed by atoms with Gasteiger partial charge in [0.1, 0.15) is 17.1 Å². The van der Waals surface area contributed by atoms with Crippen LogP contribution in [0.2, 0.25) is 0 Å². The second-order valence-corrected chi connectivity index (χ2v) is 4.80. The highest BCUT2D eigenvalue weighted by atomic mass is 16.5. The van der Waals surface area contributed by atoms with Gasteiger partial charge in [-0.2, -0.15) is 0 Å². The van der Waals surface area contributed by atoms with Crippen LogP contribution in [0.25, 0.3) is 0 Å². The maximum absolute atomic E-state index is 11.7. The molecule has 6 N–H and O–H groups in total. The Kier molecular flexibility index (Phi) is 4.69. The van der Waals surface area contributed by atoms with Gasteiger partial charge in [0.15, 0.2) is 0 Å². The van der Waals surface area contributed by atoms with Crippen molar-refractivity contribution in [3.63, 3.8) is 0 Å². The fourth-order valence-electron chi connectivity index (χ4n) is 2.21. The molecule has 0 aliphatic rings. The van der Waals surface area contributed by atoms with E-state index in [1.54, 1.807) is 0 Å². The van der Waals surface area contributed by atoms with Crippen molar-refractivity contribution in [1.82, 2.24) is 0 Å². The Morgan fingerprint density at radius 1 is 0.720 bits per heavy atom. The van der Waals surface area contributed by atoms with Gasteiger partial charge in [-0.15, -0.1) is 0 Å². The summed E-state index contributed by atoms with van der Waals surface area (Å²) in [4.78, 5) is 45.7. The van der Waals surface area contributed by atoms with E-state index in [-0.39, 0.29) is 22.6 Å². The zero-order valence-electron chi connectivity index (χ0n) is 12.6. The van der Waals surface area contributed by atoms with Gasteiger partial charge >= 0.3 is 11.9 Å². The van der Waals surface area contributed by atoms with Crippen LogP contribution in [0.5, 0.6) is 11.5 Å². The third kappa shape index (κ3) is 3.39. The van der Waals surface area contributed by atoms with Crippen LogP contribution in [-0.4, -0.2) is 34.0 Å². The van der Waals surface area contributed by atoms with Crippen molar-refractivity contribution in [3.8, 4) is 11.5 Å². The van der Waals surface area contributed by atoms with Gasteiger partial charge in [0.2, 0.25) is 5.91 Å². The van der Waals surface area contributed by atoms with Crippen LogP contribution in [0, 0.1) is 0 Å². The summed E-state index contributed by atoms with van der Waals surface area (Å²) in [6.07, 6.45) is 0. The number of ether oxygens (including phenoxy) is 1. The summed E-state index contributed by atoms with van der Waals surface area (Å²) in [5.74, 6) is -5.53. The van der Waals surface area contributed by atoms with Crippen LogP contribution in [-0.2, 0) is 0 Å². The first kappa shape index (κ1) is 17.5. The number of aromatic carboxylic acids is 2. The lowest BCUT2D eigenvalue weighted by atomic mass is 10.0. The van der Waals surface area contributed by atoms with E-state index in [1.807, 2.05) is 0 Å². The number of carboxylic acids is 2. The van der Waals surface area contributed by atoms with Crippen LogP contribution < -0.4 is 16.2 Å². The minimum Gasteiger partial charge on any atom is -0.478 e. The number of carbonyl (C=O) groups is 4. The maximum atomic E-state index is 11.7. The van der Waals surface area contributed by atoms with E-state index in [9.17, 15) is 24.3 Å². The molecule has 0 bridgehead atoms. The van der Waals surface area contributed by atoms with Crippen LogP contribution in [0.15, 0.2) is 36.4 Å². The van der Waals surface area contributed by atoms with Crippen LogP contribution >= 0.6 is 0 Å². The predicted octanol–water partition coefficient (Wildman–Crippen LogP) is 1.07. The highest BCUT2D eigenvalue weighted by Crippen LogP contribution is 2.31. The number of hydrogen-bond acceptors (Lipinski definition) is 5. The van der Waals surface area contributed by atoms with Crippen molar-refractivity contribution < 1.29 is 34.1 Å². The summed E-state index contributed by atoms with van der Waals surface area (Å²) >= 11 is 0. The number of hydrogen-bond donors (Lipinski definition) is 4. The minimum absolute atomic E-state index is 0.212. The molecule has 0 saturated carbocycles. The Bertz CT molecular complexity index is 832. The molecule has 2 aromatic rings. The van der Waals surface area contributed by atoms with Gasteiger partial charge in [-0.25, -0.2) is 9.59 Å². The topological polar surface area (TPSA) is 170 Å². The van der Waals surface area contributed by atoms with E-state index in [2.05, 4.69) is 0 Å². The number of nitrogens with two attached hydrogens (primary N) is 2. The lowest BCUT2D eigenvalue weighted by molar-refractivity contribution is 0.0649. The second-order valence-electron chi connectivity index (χ2n) is 4.80. The molecule has 128 valence electrons. The summed E-state index contributed by atoms with van der Waals surface area (Å²) in [6.45, 7) is 0. The predicted molar refractivity (Wildman–Crippen MR) is 83.9 cm³/mol. The number of amides is 2. The minimum atomic E-state index is -1.54. The molecule has 0 heterocycles. The van der Waals surface area contributed by atoms with E-state index in [1.165, 1.54) is 30.3 Å². The zero-order chi connectivity index (χ0) is 18.7. The van der Waals surface area contributed by atoms with Crippen LogP contribution in [0.4, 0.5) is 0 Å².